The van der Waals surface area contributed by atoms with Crippen molar-refractivity contribution >= 4 is 22.6 Å². The van der Waals surface area contributed by atoms with Gasteiger partial charge in [-0.2, -0.15) is 0 Å². The van der Waals surface area contributed by atoms with Gasteiger partial charge in [0.15, 0.2) is 0 Å². The first-order valence-electron chi connectivity index (χ1n) is 12.2. The van der Waals surface area contributed by atoms with Crippen LogP contribution in [0.3, 0.4) is 0 Å². The van der Waals surface area contributed by atoms with Gasteiger partial charge >= 0.3 is 0 Å². The predicted molar refractivity (Wildman–Crippen MR) is 140 cm³/mol. The lowest BCUT2D eigenvalue weighted by Crippen LogP contribution is -2.27. The summed E-state index contributed by atoms with van der Waals surface area (Å²) in [6.45, 7) is 4.99. The van der Waals surface area contributed by atoms with Crippen LogP contribution in [0.25, 0.3) is 11.0 Å². The molecule has 1 fully saturated rings. The van der Waals surface area contributed by atoms with E-state index in [4.69, 9.17) is 14.5 Å². The van der Waals surface area contributed by atoms with Gasteiger partial charge in [0.05, 0.1) is 30.4 Å². The first-order valence-corrected chi connectivity index (χ1v) is 12.2. The summed E-state index contributed by atoms with van der Waals surface area (Å²) in [6, 6.07) is 21.5. The summed E-state index contributed by atoms with van der Waals surface area (Å²) in [6.07, 6.45) is -0.403. The maximum absolute atomic E-state index is 13.1. The molecule has 3 aromatic carbocycles. The quantitative estimate of drug-likeness (QED) is 0.394. The molecule has 0 spiro atoms. The minimum Gasteiger partial charge on any atom is -0.495 e. The van der Waals surface area contributed by atoms with Gasteiger partial charge in [0, 0.05) is 18.9 Å². The zero-order valence-electron chi connectivity index (χ0n) is 20.8. The van der Waals surface area contributed by atoms with E-state index < -0.39 is 6.10 Å². The van der Waals surface area contributed by atoms with Crippen LogP contribution in [0.4, 0.5) is 5.69 Å². The number of carbonyl (C=O) groups is 1. The highest BCUT2D eigenvalue weighted by Gasteiger charge is 2.36. The number of rotatable bonds is 8. The normalized spacial score (nSPS) is 16.5. The van der Waals surface area contributed by atoms with Crippen molar-refractivity contribution in [2.45, 2.75) is 38.8 Å². The minimum absolute atomic E-state index is 0.0295. The van der Waals surface area contributed by atoms with Gasteiger partial charge in [0.1, 0.15) is 30.0 Å². The van der Waals surface area contributed by atoms with E-state index in [0.29, 0.717) is 25.3 Å². The maximum atomic E-state index is 13.1. The van der Waals surface area contributed by atoms with Crippen LogP contribution in [0.5, 0.6) is 11.5 Å². The molecule has 1 saturated heterocycles. The molecule has 1 aliphatic rings. The number of anilines is 1. The highest BCUT2D eigenvalue weighted by molar-refractivity contribution is 5.97. The zero-order chi connectivity index (χ0) is 25.2. The number of aliphatic hydroxyl groups is 1. The molecule has 1 aromatic heterocycles. The van der Waals surface area contributed by atoms with Gasteiger partial charge in [-0.15, -0.1) is 0 Å². The number of methoxy groups -OCH3 is 1. The van der Waals surface area contributed by atoms with Crippen LogP contribution < -0.4 is 14.4 Å². The molecule has 7 nitrogen and oxygen atoms in total. The summed E-state index contributed by atoms with van der Waals surface area (Å²) in [5.74, 6) is 2.16. The Morgan fingerprint density at radius 3 is 2.67 bits per heavy atom. The number of para-hydroxylation sites is 4. The van der Waals surface area contributed by atoms with Crippen LogP contribution in [0, 0.1) is 13.8 Å². The number of nitrogens with zero attached hydrogens (tertiary/aromatic N) is 3. The average molecular weight is 486 g/mol. The second-order valence-electron chi connectivity index (χ2n) is 9.38. The molecule has 1 N–H and O–H groups in total. The molecular weight excluding hydrogens is 454 g/mol. The number of fused-ring (bicyclic) bond motifs is 1. The Labute approximate surface area is 210 Å². The largest absolute Gasteiger partial charge is 0.495 e. The Balaban J connectivity index is 1.39. The molecule has 36 heavy (non-hydrogen) atoms. The first-order chi connectivity index (χ1) is 17.4. The molecule has 1 aliphatic heterocycles. The number of imidazole rings is 1. The smallest absolute Gasteiger partial charge is 0.227 e. The van der Waals surface area contributed by atoms with Crippen molar-refractivity contribution in [2.75, 3.05) is 25.2 Å². The van der Waals surface area contributed by atoms with Gasteiger partial charge in [-0.25, -0.2) is 4.98 Å². The molecule has 2 atom stereocenters. The molecule has 186 valence electrons. The fourth-order valence-corrected chi connectivity index (χ4v) is 4.88. The van der Waals surface area contributed by atoms with Gasteiger partial charge in [0.2, 0.25) is 5.91 Å². The molecule has 0 saturated carbocycles. The zero-order valence-corrected chi connectivity index (χ0v) is 20.8. The molecule has 0 unspecified atom stereocenters. The highest BCUT2D eigenvalue weighted by atomic mass is 16.5. The van der Waals surface area contributed by atoms with Gasteiger partial charge in [-0.3, -0.25) is 4.79 Å². The summed E-state index contributed by atoms with van der Waals surface area (Å²) in [5, 5.41) is 11.0. The Kier molecular flexibility index (Phi) is 6.65. The second-order valence-corrected chi connectivity index (χ2v) is 9.38. The number of amides is 1. The molecule has 1 amide bonds. The van der Waals surface area contributed by atoms with Crippen molar-refractivity contribution in [1.82, 2.24) is 9.55 Å². The number of ether oxygens (including phenoxy) is 2. The lowest BCUT2D eigenvalue weighted by atomic mass is 10.1. The fraction of sp³-hybridized carbons (Fsp3) is 0.310. The highest BCUT2D eigenvalue weighted by Crippen LogP contribution is 2.37. The third-order valence-corrected chi connectivity index (χ3v) is 6.72. The van der Waals surface area contributed by atoms with Gasteiger partial charge in [-0.05, 0) is 55.3 Å². The van der Waals surface area contributed by atoms with Crippen LogP contribution in [0.1, 0.15) is 29.3 Å². The van der Waals surface area contributed by atoms with E-state index in [1.165, 1.54) is 0 Å². The Hall–Kier alpha value is -3.84. The topological polar surface area (TPSA) is 76.8 Å². The number of hydrogen-bond acceptors (Lipinski definition) is 5. The number of aliphatic hydroxyl groups excluding tert-OH is 1. The number of carbonyl (C=O) groups excluding carboxylic acids is 1. The number of hydrogen-bond donors (Lipinski definition) is 1. The van der Waals surface area contributed by atoms with Crippen LogP contribution in [-0.4, -0.2) is 46.9 Å². The van der Waals surface area contributed by atoms with Gasteiger partial charge < -0.3 is 24.0 Å². The monoisotopic (exact) mass is 485 g/mol. The van der Waals surface area contributed by atoms with Gasteiger partial charge in [0.25, 0.3) is 0 Å². The molecule has 2 heterocycles. The van der Waals surface area contributed by atoms with Crippen LogP contribution in [0.2, 0.25) is 0 Å². The summed E-state index contributed by atoms with van der Waals surface area (Å²) in [7, 11) is 1.61. The fourth-order valence-electron chi connectivity index (χ4n) is 4.88. The second kappa shape index (κ2) is 10.0. The van der Waals surface area contributed by atoms with E-state index in [9.17, 15) is 9.90 Å². The van der Waals surface area contributed by atoms with E-state index in [0.717, 1.165) is 39.4 Å². The minimum atomic E-state index is -0.747. The first kappa shape index (κ1) is 23.9. The van der Waals surface area contributed by atoms with E-state index in [2.05, 4.69) is 0 Å². The summed E-state index contributed by atoms with van der Waals surface area (Å²) in [5.41, 5.74) is 4.68. The van der Waals surface area contributed by atoms with Crippen LogP contribution >= 0.6 is 0 Å². The maximum Gasteiger partial charge on any atom is 0.227 e. The lowest BCUT2D eigenvalue weighted by molar-refractivity contribution is -0.117. The molecular formula is C29H31N3O4. The number of benzene rings is 3. The van der Waals surface area contributed by atoms with E-state index >= 15 is 0 Å². The van der Waals surface area contributed by atoms with Crippen molar-refractivity contribution in [3.05, 3.63) is 83.7 Å². The lowest BCUT2D eigenvalue weighted by Gasteiger charge is -2.20. The Bertz CT molecular complexity index is 1400. The van der Waals surface area contributed by atoms with Gasteiger partial charge in [-0.1, -0.05) is 36.4 Å². The SMILES string of the molecule is COc1ccccc1N1C[C@@H](c2nc3ccccc3n2C[C@H](O)COc2cc(C)ccc2C)CC1=O. The van der Waals surface area contributed by atoms with E-state index in [1.54, 1.807) is 12.0 Å². The summed E-state index contributed by atoms with van der Waals surface area (Å²) >= 11 is 0. The Morgan fingerprint density at radius 1 is 1.06 bits per heavy atom. The van der Waals surface area contributed by atoms with E-state index in [1.807, 2.05) is 85.1 Å². The molecule has 7 heteroatoms. The van der Waals surface area contributed by atoms with Crippen molar-refractivity contribution in [3.63, 3.8) is 0 Å². The molecule has 0 bridgehead atoms. The summed E-state index contributed by atoms with van der Waals surface area (Å²) < 4.78 is 13.5. The number of aryl methyl sites for hydroxylation is 2. The number of aromatic nitrogens is 2. The van der Waals surface area contributed by atoms with Crippen molar-refractivity contribution in [3.8, 4) is 11.5 Å². The molecule has 0 radical (unpaired) electrons. The van der Waals surface area contributed by atoms with Crippen molar-refractivity contribution in [1.29, 1.82) is 0 Å². The van der Waals surface area contributed by atoms with Crippen molar-refractivity contribution < 1.29 is 19.4 Å². The third kappa shape index (κ3) is 4.66. The molecule has 5 rings (SSSR count). The predicted octanol–water partition coefficient (Wildman–Crippen LogP) is 4.62. The standard InChI is InChI=1S/C29H31N3O4/c1-19-12-13-20(2)27(14-19)36-18-22(33)17-32-24-9-5-4-8-23(24)30-29(32)21-15-28(34)31(16-21)25-10-6-7-11-26(25)35-3/h4-14,21-22,33H,15-18H2,1-3H3/t21-,22-/m0/s1. The average Bonchev–Trinajstić information content (AvgIpc) is 3.45. The third-order valence-electron chi connectivity index (χ3n) is 6.72. The molecule has 4 aromatic rings. The Morgan fingerprint density at radius 2 is 1.83 bits per heavy atom. The van der Waals surface area contributed by atoms with Crippen LogP contribution in [-0.2, 0) is 11.3 Å². The summed E-state index contributed by atoms with van der Waals surface area (Å²) in [4.78, 5) is 19.7. The van der Waals surface area contributed by atoms with E-state index in [-0.39, 0.29) is 18.4 Å². The van der Waals surface area contributed by atoms with Crippen LogP contribution in [0.15, 0.2) is 66.7 Å². The molecule has 0 aliphatic carbocycles. The van der Waals surface area contributed by atoms with Crippen molar-refractivity contribution in [2.24, 2.45) is 0 Å².